The van der Waals surface area contributed by atoms with Crippen LogP contribution in [0.4, 0.5) is 0 Å². The summed E-state index contributed by atoms with van der Waals surface area (Å²) in [6, 6.07) is 7.44. The van der Waals surface area contributed by atoms with Crippen LogP contribution in [0.5, 0.6) is 0 Å². The fourth-order valence-corrected chi connectivity index (χ4v) is 2.53. The molecule has 1 aromatic carbocycles. The number of nitrogens with one attached hydrogen (secondary N) is 1. The molecule has 0 amide bonds. The maximum absolute atomic E-state index is 6.19. The number of hydrogen-bond acceptors (Lipinski definition) is 3. The molecule has 1 aromatic heterocycles. The number of hydrogen-bond donors (Lipinski definition) is 2. The highest BCUT2D eigenvalue weighted by Crippen LogP contribution is 2.26. The van der Waals surface area contributed by atoms with E-state index in [0.29, 0.717) is 16.5 Å². The normalized spacial score (nSPS) is 12.4. The van der Waals surface area contributed by atoms with Crippen LogP contribution in [0.15, 0.2) is 36.7 Å². The highest BCUT2D eigenvalue weighted by molar-refractivity contribution is 6.35. The first-order valence-electron chi connectivity index (χ1n) is 5.92. The van der Waals surface area contributed by atoms with Crippen LogP contribution in [-0.4, -0.2) is 4.98 Å². The Labute approximate surface area is 122 Å². The average molecular weight is 296 g/mol. The van der Waals surface area contributed by atoms with Crippen molar-refractivity contribution in [2.24, 2.45) is 5.84 Å². The second-order valence-electron chi connectivity index (χ2n) is 4.39. The Balaban J connectivity index is 2.27. The maximum Gasteiger partial charge on any atom is 0.0504 e. The van der Waals surface area contributed by atoms with E-state index in [2.05, 4.69) is 10.4 Å². The van der Waals surface area contributed by atoms with Gasteiger partial charge >= 0.3 is 0 Å². The summed E-state index contributed by atoms with van der Waals surface area (Å²) in [5.41, 5.74) is 6.04. The van der Waals surface area contributed by atoms with Crippen molar-refractivity contribution in [2.45, 2.75) is 19.4 Å². The quantitative estimate of drug-likeness (QED) is 0.671. The van der Waals surface area contributed by atoms with E-state index >= 15 is 0 Å². The van der Waals surface area contributed by atoms with Crippen LogP contribution >= 0.6 is 23.2 Å². The standard InChI is InChI=1S/C14H15Cl2N3/c1-9-8-18-5-4-12(9)14(19-17)6-10-2-3-11(15)7-13(10)16/h2-5,7-8,14,19H,6,17H2,1H3. The molecule has 1 heterocycles. The number of nitrogens with zero attached hydrogens (tertiary/aromatic N) is 1. The topological polar surface area (TPSA) is 50.9 Å². The third-order valence-corrected chi connectivity index (χ3v) is 3.67. The van der Waals surface area contributed by atoms with Gasteiger partial charge in [-0.25, -0.2) is 0 Å². The smallest absolute Gasteiger partial charge is 0.0504 e. The van der Waals surface area contributed by atoms with Crippen molar-refractivity contribution in [1.29, 1.82) is 0 Å². The van der Waals surface area contributed by atoms with Crippen molar-refractivity contribution in [2.75, 3.05) is 0 Å². The number of pyridine rings is 1. The molecule has 0 saturated carbocycles. The summed E-state index contributed by atoms with van der Waals surface area (Å²) < 4.78 is 0. The molecular formula is C14H15Cl2N3. The van der Waals surface area contributed by atoms with Gasteiger partial charge in [-0.2, -0.15) is 0 Å². The number of nitrogens with two attached hydrogens (primary N) is 1. The number of hydrazine groups is 1. The van der Waals surface area contributed by atoms with Gasteiger partial charge in [0.05, 0.1) is 6.04 Å². The molecule has 0 fully saturated rings. The molecule has 2 aromatic rings. The van der Waals surface area contributed by atoms with Crippen molar-refractivity contribution < 1.29 is 0 Å². The first-order chi connectivity index (χ1) is 9.11. The number of benzene rings is 1. The summed E-state index contributed by atoms with van der Waals surface area (Å²) in [7, 11) is 0. The summed E-state index contributed by atoms with van der Waals surface area (Å²) in [5.74, 6) is 5.66. The maximum atomic E-state index is 6.19. The Bertz CT molecular complexity index is 572. The second kappa shape index (κ2) is 6.35. The lowest BCUT2D eigenvalue weighted by Gasteiger charge is -2.19. The average Bonchev–Trinajstić information content (AvgIpc) is 2.39. The first kappa shape index (κ1) is 14.3. The highest BCUT2D eigenvalue weighted by atomic mass is 35.5. The van der Waals surface area contributed by atoms with Crippen molar-refractivity contribution in [3.8, 4) is 0 Å². The van der Waals surface area contributed by atoms with Crippen LogP contribution in [0.2, 0.25) is 10.0 Å². The van der Waals surface area contributed by atoms with Gasteiger partial charge in [-0.3, -0.25) is 16.3 Å². The molecule has 1 atom stereocenters. The molecular weight excluding hydrogens is 281 g/mol. The minimum atomic E-state index is -0.0123. The number of halogens is 2. The van der Waals surface area contributed by atoms with Crippen LogP contribution in [0.3, 0.4) is 0 Å². The fourth-order valence-electron chi connectivity index (χ4n) is 2.04. The largest absolute Gasteiger partial charge is 0.271 e. The SMILES string of the molecule is Cc1cnccc1C(Cc1ccc(Cl)cc1Cl)NN. The van der Waals surface area contributed by atoms with Gasteiger partial charge in [0.2, 0.25) is 0 Å². The molecule has 0 bridgehead atoms. The zero-order valence-corrected chi connectivity index (χ0v) is 12.0. The molecule has 0 aliphatic heterocycles. The Hall–Kier alpha value is -1.13. The van der Waals surface area contributed by atoms with Gasteiger partial charge in [0.25, 0.3) is 0 Å². The minimum Gasteiger partial charge on any atom is -0.271 e. The van der Waals surface area contributed by atoms with Gasteiger partial charge in [0.1, 0.15) is 0 Å². The summed E-state index contributed by atoms with van der Waals surface area (Å²) in [6.07, 6.45) is 4.27. The third kappa shape index (κ3) is 3.45. The molecule has 0 saturated heterocycles. The highest BCUT2D eigenvalue weighted by Gasteiger charge is 2.14. The molecule has 0 aliphatic carbocycles. The molecule has 1 unspecified atom stereocenters. The Kier molecular flexibility index (Phi) is 4.77. The van der Waals surface area contributed by atoms with Crippen molar-refractivity contribution in [3.63, 3.8) is 0 Å². The van der Waals surface area contributed by atoms with Crippen LogP contribution < -0.4 is 11.3 Å². The summed E-state index contributed by atoms with van der Waals surface area (Å²) in [5, 5.41) is 1.28. The van der Waals surface area contributed by atoms with Crippen LogP contribution in [0.1, 0.15) is 22.7 Å². The Morgan fingerprint density at radius 1 is 1.32 bits per heavy atom. The van der Waals surface area contributed by atoms with Gasteiger partial charge in [-0.05, 0) is 48.2 Å². The van der Waals surface area contributed by atoms with Gasteiger partial charge in [-0.1, -0.05) is 29.3 Å². The van der Waals surface area contributed by atoms with Crippen LogP contribution in [0.25, 0.3) is 0 Å². The van der Waals surface area contributed by atoms with Gasteiger partial charge in [0, 0.05) is 22.4 Å². The number of aryl methyl sites for hydroxylation is 1. The number of rotatable bonds is 4. The van der Waals surface area contributed by atoms with Gasteiger partial charge < -0.3 is 0 Å². The van der Waals surface area contributed by atoms with E-state index < -0.39 is 0 Å². The summed E-state index contributed by atoms with van der Waals surface area (Å²) in [6.45, 7) is 2.01. The molecule has 2 rings (SSSR count). The lowest BCUT2D eigenvalue weighted by atomic mass is 9.97. The van der Waals surface area contributed by atoms with E-state index in [1.165, 1.54) is 0 Å². The summed E-state index contributed by atoms with van der Waals surface area (Å²) in [4.78, 5) is 4.09. The van der Waals surface area contributed by atoms with E-state index in [0.717, 1.165) is 16.7 Å². The van der Waals surface area contributed by atoms with E-state index in [-0.39, 0.29) is 6.04 Å². The Morgan fingerprint density at radius 3 is 2.74 bits per heavy atom. The monoisotopic (exact) mass is 295 g/mol. The molecule has 19 heavy (non-hydrogen) atoms. The number of aromatic nitrogens is 1. The van der Waals surface area contributed by atoms with E-state index in [9.17, 15) is 0 Å². The lowest BCUT2D eigenvalue weighted by molar-refractivity contribution is 0.549. The molecule has 0 spiro atoms. The molecule has 0 aliphatic rings. The van der Waals surface area contributed by atoms with Crippen molar-refractivity contribution >= 4 is 23.2 Å². The van der Waals surface area contributed by atoms with Crippen molar-refractivity contribution in [3.05, 3.63) is 63.4 Å². The van der Waals surface area contributed by atoms with Gasteiger partial charge in [0.15, 0.2) is 0 Å². The predicted octanol–water partition coefficient (Wildman–Crippen LogP) is 3.44. The molecule has 0 radical (unpaired) electrons. The predicted molar refractivity (Wildman–Crippen MR) is 79.2 cm³/mol. The minimum absolute atomic E-state index is 0.0123. The third-order valence-electron chi connectivity index (χ3n) is 3.08. The first-order valence-corrected chi connectivity index (χ1v) is 6.68. The lowest BCUT2D eigenvalue weighted by Crippen LogP contribution is -2.30. The van der Waals surface area contributed by atoms with E-state index in [4.69, 9.17) is 29.0 Å². The molecule has 100 valence electrons. The van der Waals surface area contributed by atoms with Gasteiger partial charge in [-0.15, -0.1) is 0 Å². The fraction of sp³-hybridized carbons (Fsp3) is 0.214. The van der Waals surface area contributed by atoms with E-state index in [1.54, 1.807) is 12.3 Å². The second-order valence-corrected chi connectivity index (χ2v) is 5.24. The zero-order valence-electron chi connectivity index (χ0n) is 10.5. The zero-order chi connectivity index (χ0) is 13.8. The Morgan fingerprint density at radius 2 is 2.11 bits per heavy atom. The molecule has 3 N–H and O–H groups in total. The van der Waals surface area contributed by atoms with E-state index in [1.807, 2.05) is 31.3 Å². The van der Waals surface area contributed by atoms with Crippen LogP contribution in [0, 0.1) is 6.92 Å². The summed E-state index contributed by atoms with van der Waals surface area (Å²) >= 11 is 12.1. The van der Waals surface area contributed by atoms with Crippen LogP contribution in [-0.2, 0) is 6.42 Å². The molecule has 5 heteroatoms. The molecule has 3 nitrogen and oxygen atoms in total. The van der Waals surface area contributed by atoms with Crippen molar-refractivity contribution in [1.82, 2.24) is 10.4 Å².